The van der Waals surface area contributed by atoms with E-state index in [4.69, 9.17) is 4.52 Å². The van der Waals surface area contributed by atoms with Crippen LogP contribution in [0.1, 0.15) is 51.2 Å². The maximum absolute atomic E-state index is 13.0. The number of hydrogen-bond donors (Lipinski definition) is 0. The van der Waals surface area contributed by atoms with Crippen molar-refractivity contribution in [3.8, 4) is 0 Å². The third kappa shape index (κ3) is 2.73. The molecule has 0 radical (unpaired) electrons. The van der Waals surface area contributed by atoms with Gasteiger partial charge in [0.1, 0.15) is 11.1 Å². The molecule has 0 saturated heterocycles. The van der Waals surface area contributed by atoms with Gasteiger partial charge in [-0.15, -0.1) is 5.10 Å². The molecule has 0 amide bonds. The van der Waals surface area contributed by atoms with E-state index in [-0.39, 0.29) is 39.5 Å². The molecular weight excluding hydrogens is 374 g/mol. The van der Waals surface area contributed by atoms with Gasteiger partial charge in [0, 0.05) is 12.1 Å². The van der Waals surface area contributed by atoms with E-state index in [0.29, 0.717) is 4.09 Å². The maximum Gasteiger partial charge on any atom is 0.333 e. The van der Waals surface area contributed by atoms with Crippen molar-refractivity contribution >= 4 is 21.1 Å². The summed E-state index contributed by atoms with van der Waals surface area (Å²) in [5, 5.41) is 7.78. The van der Waals surface area contributed by atoms with E-state index in [1.807, 2.05) is 0 Å². The lowest BCUT2D eigenvalue weighted by molar-refractivity contribution is 0.390. The average molecular weight is 395 g/mol. The van der Waals surface area contributed by atoms with Gasteiger partial charge >= 0.3 is 5.69 Å². The summed E-state index contributed by atoms with van der Waals surface area (Å²) in [6.45, 7) is 9.93. The van der Waals surface area contributed by atoms with Crippen LogP contribution in [0.2, 0.25) is 0 Å². The standard InChI is InChI=1S/C16H21N5O5S/c1-8(2)20-14-12(15(22)21(9(3)4)16(20)23)7-19(17-14)27(24,25)13-10(5)18-26-11(13)6/h7-9H,1-6H3. The van der Waals surface area contributed by atoms with Crippen molar-refractivity contribution in [2.45, 2.75) is 58.5 Å². The molecule has 11 heteroatoms. The summed E-state index contributed by atoms with van der Waals surface area (Å²) in [6.07, 6.45) is 1.13. The van der Waals surface area contributed by atoms with Crippen molar-refractivity contribution < 1.29 is 12.9 Å². The number of nitrogens with zero attached hydrogens (tertiary/aromatic N) is 5. The molecule has 0 unspecified atom stereocenters. The molecule has 0 spiro atoms. The molecule has 0 aliphatic rings. The average Bonchev–Trinajstić information content (AvgIpc) is 3.11. The molecule has 0 bridgehead atoms. The van der Waals surface area contributed by atoms with Gasteiger partial charge in [-0.05, 0) is 41.5 Å². The molecule has 10 nitrogen and oxygen atoms in total. The van der Waals surface area contributed by atoms with Gasteiger partial charge in [0.05, 0.1) is 6.20 Å². The SMILES string of the molecule is Cc1noc(C)c1S(=O)(=O)n1cc2c(=O)n(C(C)C)c(=O)n(C(C)C)c2n1. The summed E-state index contributed by atoms with van der Waals surface area (Å²) >= 11 is 0. The summed E-state index contributed by atoms with van der Waals surface area (Å²) in [5.74, 6) is 0.118. The first-order chi connectivity index (χ1) is 12.5. The Bertz CT molecular complexity index is 1240. The summed E-state index contributed by atoms with van der Waals surface area (Å²) in [7, 11) is -4.14. The minimum Gasteiger partial charge on any atom is -0.360 e. The third-order valence-electron chi connectivity index (χ3n) is 4.27. The van der Waals surface area contributed by atoms with Gasteiger partial charge in [0.15, 0.2) is 16.3 Å². The fourth-order valence-corrected chi connectivity index (χ4v) is 4.50. The van der Waals surface area contributed by atoms with E-state index in [1.165, 1.54) is 18.4 Å². The van der Waals surface area contributed by atoms with Crippen LogP contribution in [0.15, 0.2) is 25.2 Å². The van der Waals surface area contributed by atoms with Crippen molar-refractivity contribution in [3.63, 3.8) is 0 Å². The van der Waals surface area contributed by atoms with E-state index in [1.54, 1.807) is 27.7 Å². The van der Waals surface area contributed by atoms with Gasteiger partial charge in [-0.2, -0.15) is 12.5 Å². The van der Waals surface area contributed by atoms with Crippen LogP contribution in [0.3, 0.4) is 0 Å². The highest BCUT2D eigenvalue weighted by molar-refractivity contribution is 7.90. The summed E-state index contributed by atoms with van der Waals surface area (Å²) in [6, 6.07) is -0.711. The molecule has 3 aromatic rings. The van der Waals surface area contributed by atoms with E-state index in [0.717, 1.165) is 10.8 Å². The lowest BCUT2D eigenvalue weighted by Crippen LogP contribution is -2.41. The van der Waals surface area contributed by atoms with Gasteiger partial charge < -0.3 is 4.52 Å². The topological polar surface area (TPSA) is 122 Å². The van der Waals surface area contributed by atoms with Crippen molar-refractivity contribution in [1.82, 2.24) is 23.5 Å². The number of fused-ring (bicyclic) bond motifs is 1. The highest BCUT2D eigenvalue weighted by atomic mass is 32.2. The second-order valence-corrected chi connectivity index (χ2v) is 8.64. The van der Waals surface area contributed by atoms with Crippen LogP contribution in [0.5, 0.6) is 0 Å². The third-order valence-corrected chi connectivity index (χ3v) is 6.05. The highest BCUT2D eigenvalue weighted by Crippen LogP contribution is 2.23. The van der Waals surface area contributed by atoms with E-state index >= 15 is 0 Å². The van der Waals surface area contributed by atoms with Crippen LogP contribution in [0, 0.1) is 13.8 Å². The van der Waals surface area contributed by atoms with E-state index < -0.39 is 21.3 Å². The molecule has 0 saturated carbocycles. The summed E-state index contributed by atoms with van der Waals surface area (Å²) < 4.78 is 34.1. The zero-order chi connectivity index (χ0) is 20.3. The molecule has 0 fully saturated rings. The molecule has 0 aromatic carbocycles. The van der Waals surface area contributed by atoms with Crippen molar-refractivity contribution in [2.24, 2.45) is 0 Å². The Labute approximate surface area is 155 Å². The molecule has 0 aliphatic heterocycles. The quantitative estimate of drug-likeness (QED) is 0.653. The van der Waals surface area contributed by atoms with Gasteiger partial charge in [0.2, 0.25) is 0 Å². The number of rotatable bonds is 4. The molecule has 0 atom stereocenters. The Morgan fingerprint density at radius 2 is 1.63 bits per heavy atom. The minimum atomic E-state index is -4.14. The van der Waals surface area contributed by atoms with Gasteiger partial charge in [0.25, 0.3) is 15.6 Å². The molecule has 0 aliphatic carbocycles. The Kier molecular flexibility index (Phi) is 4.37. The molecule has 3 heterocycles. The second kappa shape index (κ2) is 6.19. The van der Waals surface area contributed by atoms with Crippen LogP contribution in [0.25, 0.3) is 11.0 Å². The van der Waals surface area contributed by atoms with Crippen LogP contribution in [0.4, 0.5) is 0 Å². The fraction of sp³-hybridized carbons (Fsp3) is 0.500. The first kappa shape index (κ1) is 19.1. The summed E-state index contributed by atoms with van der Waals surface area (Å²) in [4.78, 5) is 25.5. The van der Waals surface area contributed by atoms with Crippen LogP contribution in [-0.2, 0) is 10.0 Å². The molecule has 3 rings (SSSR count). The normalized spacial score (nSPS) is 12.6. The lowest BCUT2D eigenvalue weighted by Gasteiger charge is -2.15. The number of aromatic nitrogens is 5. The fourth-order valence-electron chi connectivity index (χ4n) is 3.08. The van der Waals surface area contributed by atoms with Crippen molar-refractivity contribution in [1.29, 1.82) is 0 Å². The number of hydrogen-bond acceptors (Lipinski definition) is 7. The molecular formula is C16H21N5O5S. The first-order valence-electron chi connectivity index (χ1n) is 8.43. The van der Waals surface area contributed by atoms with Gasteiger partial charge in [-0.3, -0.25) is 13.9 Å². The van der Waals surface area contributed by atoms with Crippen LogP contribution < -0.4 is 11.2 Å². The molecule has 0 N–H and O–H groups in total. The Morgan fingerprint density at radius 1 is 1.04 bits per heavy atom. The zero-order valence-electron chi connectivity index (χ0n) is 15.9. The van der Waals surface area contributed by atoms with Crippen LogP contribution >= 0.6 is 0 Å². The smallest absolute Gasteiger partial charge is 0.333 e. The Morgan fingerprint density at radius 3 is 2.11 bits per heavy atom. The maximum atomic E-state index is 13.0. The summed E-state index contributed by atoms with van der Waals surface area (Å²) in [5.41, 5.74) is -0.903. The van der Waals surface area contributed by atoms with E-state index in [9.17, 15) is 18.0 Å². The van der Waals surface area contributed by atoms with E-state index in [2.05, 4.69) is 10.3 Å². The monoisotopic (exact) mass is 395 g/mol. The predicted octanol–water partition coefficient (Wildman–Crippen LogP) is 1.36. The molecule has 27 heavy (non-hydrogen) atoms. The highest BCUT2D eigenvalue weighted by Gasteiger charge is 2.29. The lowest BCUT2D eigenvalue weighted by atomic mass is 10.3. The largest absolute Gasteiger partial charge is 0.360 e. The second-order valence-electron chi connectivity index (χ2n) is 6.91. The van der Waals surface area contributed by atoms with Crippen LogP contribution in [-0.4, -0.2) is 31.9 Å². The predicted molar refractivity (Wildman–Crippen MR) is 97.6 cm³/mol. The van der Waals surface area contributed by atoms with Crippen molar-refractivity contribution in [3.05, 3.63) is 38.5 Å². The molecule has 3 aromatic heterocycles. The first-order valence-corrected chi connectivity index (χ1v) is 9.87. The van der Waals surface area contributed by atoms with Gasteiger partial charge in [-0.25, -0.2) is 4.79 Å². The van der Waals surface area contributed by atoms with Crippen molar-refractivity contribution in [2.75, 3.05) is 0 Å². The van der Waals surface area contributed by atoms with Gasteiger partial charge in [-0.1, -0.05) is 5.16 Å². The molecule has 146 valence electrons. The number of aryl methyl sites for hydroxylation is 2. The minimum absolute atomic E-state index is 0.0206. The Balaban J connectivity index is 2.43. The Hall–Kier alpha value is -2.69. The zero-order valence-corrected chi connectivity index (χ0v) is 16.7.